The summed E-state index contributed by atoms with van der Waals surface area (Å²) in [6.07, 6.45) is 7.19. The summed E-state index contributed by atoms with van der Waals surface area (Å²) in [5, 5.41) is 3.57. The van der Waals surface area contributed by atoms with Crippen molar-refractivity contribution < 1.29 is 4.39 Å². The molecule has 0 saturated heterocycles. The van der Waals surface area contributed by atoms with Gasteiger partial charge in [0.15, 0.2) is 0 Å². The molecule has 19 heavy (non-hydrogen) atoms. The Morgan fingerprint density at radius 1 is 1.05 bits per heavy atom. The van der Waals surface area contributed by atoms with E-state index in [4.69, 9.17) is 0 Å². The molecular formula is C17H28FN. The van der Waals surface area contributed by atoms with Crippen molar-refractivity contribution in [2.24, 2.45) is 0 Å². The molecule has 0 radical (unpaired) electrons. The minimum atomic E-state index is -0.0910. The molecule has 0 aliphatic rings. The number of benzene rings is 1. The van der Waals surface area contributed by atoms with E-state index in [1.54, 1.807) is 6.07 Å². The zero-order valence-electron chi connectivity index (χ0n) is 12.6. The van der Waals surface area contributed by atoms with Crippen molar-refractivity contribution in [2.75, 3.05) is 0 Å². The average Bonchev–Trinajstić information content (AvgIpc) is 2.37. The molecule has 2 heteroatoms. The minimum absolute atomic E-state index is 0.0910. The number of halogens is 1. The highest BCUT2D eigenvalue weighted by molar-refractivity contribution is 5.18. The molecule has 0 aromatic heterocycles. The monoisotopic (exact) mass is 265 g/mol. The summed E-state index contributed by atoms with van der Waals surface area (Å²) < 4.78 is 13.5. The molecule has 0 heterocycles. The van der Waals surface area contributed by atoms with E-state index in [1.165, 1.54) is 38.2 Å². The first kappa shape index (κ1) is 16.2. The van der Waals surface area contributed by atoms with Gasteiger partial charge < -0.3 is 5.32 Å². The molecule has 1 nitrogen and oxygen atoms in total. The molecule has 1 rings (SSSR count). The van der Waals surface area contributed by atoms with E-state index in [0.717, 1.165) is 12.0 Å². The number of rotatable bonds is 9. The molecule has 2 atom stereocenters. The summed E-state index contributed by atoms with van der Waals surface area (Å²) in [4.78, 5) is 0. The lowest BCUT2D eigenvalue weighted by Gasteiger charge is -2.20. The summed E-state index contributed by atoms with van der Waals surface area (Å²) >= 11 is 0. The molecule has 2 unspecified atom stereocenters. The third-order valence-corrected chi connectivity index (χ3v) is 3.54. The standard InChI is InChI=1S/C17H28FN/c1-4-5-6-7-10-14(2)19-15(3)13-16-11-8-9-12-17(16)18/h8-9,11-12,14-15,19H,4-7,10,13H2,1-3H3. The molecule has 0 amide bonds. The van der Waals surface area contributed by atoms with Crippen LogP contribution in [-0.4, -0.2) is 12.1 Å². The van der Waals surface area contributed by atoms with Gasteiger partial charge in [0, 0.05) is 12.1 Å². The second-order valence-electron chi connectivity index (χ2n) is 5.61. The fraction of sp³-hybridized carbons (Fsp3) is 0.647. The van der Waals surface area contributed by atoms with Crippen molar-refractivity contribution in [2.45, 2.75) is 71.4 Å². The number of hydrogen-bond donors (Lipinski definition) is 1. The van der Waals surface area contributed by atoms with Gasteiger partial charge in [0.2, 0.25) is 0 Å². The molecule has 1 aromatic rings. The van der Waals surface area contributed by atoms with Gasteiger partial charge in [0.05, 0.1) is 0 Å². The lowest BCUT2D eigenvalue weighted by Crippen LogP contribution is -2.36. The highest BCUT2D eigenvalue weighted by atomic mass is 19.1. The SMILES string of the molecule is CCCCCCC(C)NC(C)Cc1ccccc1F. The van der Waals surface area contributed by atoms with Crippen LogP contribution < -0.4 is 5.32 Å². The van der Waals surface area contributed by atoms with Crippen molar-refractivity contribution in [1.29, 1.82) is 0 Å². The molecule has 0 aliphatic carbocycles. The predicted octanol–water partition coefficient (Wildman–Crippen LogP) is 4.71. The van der Waals surface area contributed by atoms with Gasteiger partial charge in [-0.3, -0.25) is 0 Å². The van der Waals surface area contributed by atoms with Crippen LogP contribution in [0.15, 0.2) is 24.3 Å². The van der Waals surface area contributed by atoms with Crippen molar-refractivity contribution in [3.63, 3.8) is 0 Å². The van der Waals surface area contributed by atoms with Gasteiger partial charge in [-0.15, -0.1) is 0 Å². The quantitative estimate of drug-likeness (QED) is 0.638. The molecule has 0 aliphatic heterocycles. The van der Waals surface area contributed by atoms with Crippen LogP contribution in [0.1, 0.15) is 58.4 Å². The largest absolute Gasteiger partial charge is 0.311 e. The highest BCUT2D eigenvalue weighted by Crippen LogP contribution is 2.11. The van der Waals surface area contributed by atoms with Gasteiger partial charge in [-0.25, -0.2) is 4.39 Å². The number of nitrogens with one attached hydrogen (secondary N) is 1. The van der Waals surface area contributed by atoms with E-state index in [1.807, 2.05) is 12.1 Å². The first-order valence-electron chi connectivity index (χ1n) is 7.63. The Morgan fingerprint density at radius 2 is 1.79 bits per heavy atom. The lowest BCUT2D eigenvalue weighted by atomic mass is 10.0. The van der Waals surface area contributed by atoms with Gasteiger partial charge in [0.25, 0.3) is 0 Å². The second kappa shape index (κ2) is 9.08. The second-order valence-corrected chi connectivity index (χ2v) is 5.61. The van der Waals surface area contributed by atoms with Crippen molar-refractivity contribution >= 4 is 0 Å². The van der Waals surface area contributed by atoms with Gasteiger partial charge in [-0.05, 0) is 38.3 Å². The maximum atomic E-state index is 13.5. The fourth-order valence-corrected chi connectivity index (χ4v) is 2.50. The van der Waals surface area contributed by atoms with Crippen LogP contribution in [-0.2, 0) is 6.42 Å². The summed E-state index contributed by atoms with van der Waals surface area (Å²) in [6, 6.07) is 7.89. The summed E-state index contributed by atoms with van der Waals surface area (Å²) in [7, 11) is 0. The van der Waals surface area contributed by atoms with Crippen molar-refractivity contribution in [3.05, 3.63) is 35.6 Å². The topological polar surface area (TPSA) is 12.0 Å². The summed E-state index contributed by atoms with van der Waals surface area (Å²) in [5.41, 5.74) is 0.806. The minimum Gasteiger partial charge on any atom is -0.311 e. The van der Waals surface area contributed by atoms with Crippen LogP contribution in [0.2, 0.25) is 0 Å². The third-order valence-electron chi connectivity index (χ3n) is 3.54. The normalized spacial score (nSPS) is 14.3. The first-order chi connectivity index (χ1) is 9.13. The van der Waals surface area contributed by atoms with E-state index < -0.39 is 0 Å². The Labute approximate surface area is 117 Å². The van der Waals surface area contributed by atoms with E-state index in [-0.39, 0.29) is 5.82 Å². The van der Waals surface area contributed by atoms with Crippen LogP contribution in [0.4, 0.5) is 4.39 Å². The Balaban J connectivity index is 2.26. The molecule has 1 aromatic carbocycles. The van der Waals surface area contributed by atoms with Crippen LogP contribution in [0.3, 0.4) is 0 Å². The maximum absolute atomic E-state index is 13.5. The first-order valence-corrected chi connectivity index (χ1v) is 7.63. The van der Waals surface area contributed by atoms with Crippen molar-refractivity contribution in [1.82, 2.24) is 5.32 Å². The molecule has 0 saturated carbocycles. The zero-order chi connectivity index (χ0) is 14.1. The average molecular weight is 265 g/mol. The Morgan fingerprint density at radius 3 is 2.47 bits per heavy atom. The number of hydrogen-bond acceptors (Lipinski definition) is 1. The van der Waals surface area contributed by atoms with E-state index in [0.29, 0.717) is 12.1 Å². The van der Waals surface area contributed by atoms with Gasteiger partial charge in [-0.1, -0.05) is 50.8 Å². The Hall–Kier alpha value is -0.890. The number of unbranched alkanes of at least 4 members (excludes halogenated alkanes) is 3. The molecule has 0 spiro atoms. The Bertz CT molecular complexity index is 351. The molecule has 0 fully saturated rings. The molecule has 1 N–H and O–H groups in total. The van der Waals surface area contributed by atoms with Crippen LogP contribution >= 0.6 is 0 Å². The van der Waals surface area contributed by atoms with Gasteiger partial charge in [0.1, 0.15) is 5.82 Å². The Kier molecular flexibility index (Phi) is 7.73. The van der Waals surface area contributed by atoms with Crippen molar-refractivity contribution in [3.8, 4) is 0 Å². The zero-order valence-corrected chi connectivity index (χ0v) is 12.6. The summed E-state index contributed by atoms with van der Waals surface area (Å²) in [6.45, 7) is 6.59. The fourth-order valence-electron chi connectivity index (χ4n) is 2.50. The van der Waals surface area contributed by atoms with Crippen LogP contribution in [0.5, 0.6) is 0 Å². The molecule has 108 valence electrons. The third kappa shape index (κ3) is 6.72. The highest BCUT2D eigenvalue weighted by Gasteiger charge is 2.10. The molecule has 0 bridgehead atoms. The van der Waals surface area contributed by atoms with Crippen LogP contribution in [0, 0.1) is 5.82 Å². The predicted molar refractivity (Wildman–Crippen MR) is 80.9 cm³/mol. The smallest absolute Gasteiger partial charge is 0.126 e. The maximum Gasteiger partial charge on any atom is 0.126 e. The van der Waals surface area contributed by atoms with Gasteiger partial charge >= 0.3 is 0 Å². The lowest BCUT2D eigenvalue weighted by molar-refractivity contribution is 0.424. The molecular weight excluding hydrogens is 237 g/mol. The van der Waals surface area contributed by atoms with E-state index in [2.05, 4.69) is 26.1 Å². The van der Waals surface area contributed by atoms with Crippen LogP contribution in [0.25, 0.3) is 0 Å². The van der Waals surface area contributed by atoms with E-state index >= 15 is 0 Å². The van der Waals surface area contributed by atoms with Gasteiger partial charge in [-0.2, -0.15) is 0 Å². The summed E-state index contributed by atoms with van der Waals surface area (Å²) in [5.74, 6) is -0.0910. The van der Waals surface area contributed by atoms with E-state index in [9.17, 15) is 4.39 Å².